The molecule has 0 unspecified atom stereocenters. The number of ether oxygens (including phenoxy) is 1. The van der Waals surface area contributed by atoms with E-state index in [9.17, 15) is 9.59 Å². The minimum atomic E-state index is -0.263. The van der Waals surface area contributed by atoms with Crippen LogP contribution in [0.2, 0.25) is 0 Å². The van der Waals surface area contributed by atoms with E-state index < -0.39 is 0 Å². The highest BCUT2D eigenvalue weighted by molar-refractivity contribution is 7.11. The van der Waals surface area contributed by atoms with Crippen molar-refractivity contribution in [2.45, 2.75) is 66.0 Å². The summed E-state index contributed by atoms with van der Waals surface area (Å²) in [6.45, 7) is 12.5. The molecule has 1 N–H and O–H groups in total. The summed E-state index contributed by atoms with van der Waals surface area (Å²) < 4.78 is 5.25. The highest BCUT2D eigenvalue weighted by Gasteiger charge is 2.24. The lowest BCUT2D eigenvalue weighted by Gasteiger charge is -2.29. The Kier molecular flexibility index (Phi) is 11.6. The Balaban J connectivity index is 1.86. The van der Waals surface area contributed by atoms with Crippen molar-refractivity contribution in [3.8, 4) is 0 Å². The second kappa shape index (κ2) is 14.8. The van der Waals surface area contributed by atoms with Crippen LogP contribution in [0.25, 0.3) is 0 Å². The highest BCUT2D eigenvalue weighted by Crippen LogP contribution is 2.32. The van der Waals surface area contributed by atoms with Gasteiger partial charge in [-0.05, 0) is 54.0 Å². The third-order valence-corrected chi connectivity index (χ3v) is 7.69. The van der Waals surface area contributed by atoms with Crippen LogP contribution in [0.1, 0.15) is 72.4 Å². The molecule has 1 aromatic heterocycles. The van der Waals surface area contributed by atoms with Gasteiger partial charge < -0.3 is 19.9 Å². The largest absolute Gasteiger partial charge is 0.385 e. The van der Waals surface area contributed by atoms with Crippen molar-refractivity contribution < 1.29 is 14.3 Å². The Hall–Kier alpha value is -3.16. The number of methoxy groups -OCH3 is 1. The van der Waals surface area contributed by atoms with Gasteiger partial charge in [-0.1, -0.05) is 76.2 Å². The Bertz CT molecular complexity index is 1180. The first-order chi connectivity index (χ1) is 18.7. The molecule has 39 heavy (non-hydrogen) atoms. The zero-order valence-electron chi connectivity index (χ0n) is 24.2. The average Bonchev–Trinajstić information content (AvgIpc) is 3.32. The molecular weight excluding hydrogens is 506 g/mol. The Morgan fingerprint density at radius 1 is 0.872 bits per heavy atom. The molecule has 2 aromatic carbocycles. The standard InChI is InChI=1S/C32H43N3O3S/c1-23(2)28-14-10-15-29(24(3)4)31(28)33-32(37)34(18-11-19-38-6)22-30(36)35(20-26-12-8-7-9-13-26)21-27-17-16-25(5)39-27/h7-10,12-17,23-24H,11,18-22H2,1-6H3,(H,33,37). The molecule has 0 saturated heterocycles. The number of amides is 3. The Morgan fingerprint density at radius 3 is 2.10 bits per heavy atom. The number of urea groups is 1. The van der Waals surface area contributed by atoms with Gasteiger partial charge in [-0.2, -0.15) is 0 Å². The number of anilines is 1. The molecule has 0 bridgehead atoms. The van der Waals surface area contributed by atoms with Crippen molar-refractivity contribution >= 4 is 29.0 Å². The van der Waals surface area contributed by atoms with Crippen LogP contribution in [0, 0.1) is 6.92 Å². The molecule has 0 fully saturated rings. The third-order valence-electron chi connectivity index (χ3n) is 6.71. The quantitative estimate of drug-likeness (QED) is 0.226. The normalized spacial score (nSPS) is 11.2. The first kappa shape index (κ1) is 30.4. The first-order valence-corrected chi connectivity index (χ1v) is 14.6. The second-order valence-corrected chi connectivity index (χ2v) is 11.9. The average molecular weight is 550 g/mol. The molecule has 0 atom stereocenters. The second-order valence-electron chi connectivity index (χ2n) is 10.6. The molecule has 0 aliphatic rings. The molecule has 3 amide bonds. The summed E-state index contributed by atoms with van der Waals surface area (Å²) in [5.74, 6) is 0.412. The lowest BCUT2D eigenvalue weighted by atomic mass is 9.93. The Labute approximate surface area is 238 Å². The van der Waals surface area contributed by atoms with Crippen LogP contribution in [0.3, 0.4) is 0 Å². The number of hydrogen-bond donors (Lipinski definition) is 1. The summed E-state index contributed by atoms with van der Waals surface area (Å²) >= 11 is 1.69. The molecule has 3 aromatic rings. The molecule has 0 aliphatic heterocycles. The molecular formula is C32H43N3O3S. The van der Waals surface area contributed by atoms with Crippen molar-refractivity contribution in [1.29, 1.82) is 0 Å². The number of para-hydroxylation sites is 1. The Morgan fingerprint density at radius 2 is 1.54 bits per heavy atom. The van der Waals surface area contributed by atoms with E-state index in [-0.39, 0.29) is 30.3 Å². The summed E-state index contributed by atoms with van der Waals surface area (Å²) in [5.41, 5.74) is 4.10. The van der Waals surface area contributed by atoms with Gasteiger partial charge in [-0.15, -0.1) is 11.3 Å². The maximum Gasteiger partial charge on any atom is 0.322 e. The van der Waals surface area contributed by atoms with Gasteiger partial charge in [0.25, 0.3) is 0 Å². The third kappa shape index (κ3) is 8.94. The van der Waals surface area contributed by atoms with E-state index in [4.69, 9.17) is 4.74 Å². The smallest absolute Gasteiger partial charge is 0.322 e. The predicted octanol–water partition coefficient (Wildman–Crippen LogP) is 7.40. The van der Waals surface area contributed by atoms with E-state index in [0.29, 0.717) is 32.7 Å². The van der Waals surface area contributed by atoms with Gasteiger partial charge in [0.2, 0.25) is 5.91 Å². The number of carbonyl (C=O) groups is 2. The van der Waals surface area contributed by atoms with Gasteiger partial charge in [0.1, 0.15) is 6.54 Å². The fraction of sp³-hybridized carbons (Fsp3) is 0.438. The number of thiophene rings is 1. The fourth-order valence-electron chi connectivity index (χ4n) is 4.59. The van der Waals surface area contributed by atoms with Crippen molar-refractivity contribution in [3.63, 3.8) is 0 Å². The molecule has 6 nitrogen and oxygen atoms in total. The summed E-state index contributed by atoms with van der Waals surface area (Å²) in [5, 5.41) is 3.19. The van der Waals surface area contributed by atoms with Crippen molar-refractivity contribution in [2.24, 2.45) is 0 Å². The first-order valence-electron chi connectivity index (χ1n) is 13.7. The molecule has 0 spiro atoms. The van der Waals surface area contributed by atoms with Crippen molar-refractivity contribution in [3.05, 3.63) is 87.1 Å². The van der Waals surface area contributed by atoms with Crippen LogP contribution in [0.5, 0.6) is 0 Å². The number of nitrogens with one attached hydrogen (secondary N) is 1. The molecule has 7 heteroatoms. The van der Waals surface area contributed by atoms with Crippen molar-refractivity contribution in [2.75, 3.05) is 32.1 Å². The summed E-state index contributed by atoms with van der Waals surface area (Å²) in [7, 11) is 1.65. The topological polar surface area (TPSA) is 61.9 Å². The van der Waals surface area contributed by atoms with Gasteiger partial charge in [-0.3, -0.25) is 4.79 Å². The highest BCUT2D eigenvalue weighted by atomic mass is 32.1. The number of aryl methyl sites for hydroxylation is 1. The lowest BCUT2D eigenvalue weighted by molar-refractivity contribution is -0.133. The van der Waals surface area contributed by atoms with Crippen LogP contribution in [0.15, 0.2) is 60.7 Å². The summed E-state index contributed by atoms with van der Waals surface area (Å²) in [4.78, 5) is 33.3. The van der Waals surface area contributed by atoms with Gasteiger partial charge in [0, 0.05) is 42.2 Å². The van der Waals surface area contributed by atoms with Crippen LogP contribution >= 0.6 is 11.3 Å². The minimum Gasteiger partial charge on any atom is -0.385 e. The number of hydrogen-bond acceptors (Lipinski definition) is 4. The van der Waals surface area contributed by atoms with E-state index in [1.165, 1.54) is 4.88 Å². The van der Waals surface area contributed by atoms with Gasteiger partial charge in [0.05, 0.1) is 6.54 Å². The number of benzene rings is 2. The number of rotatable bonds is 13. The fourth-order valence-corrected chi connectivity index (χ4v) is 5.50. The van der Waals surface area contributed by atoms with E-state index >= 15 is 0 Å². The summed E-state index contributed by atoms with van der Waals surface area (Å²) in [6, 6.07) is 20.1. The molecule has 3 rings (SSSR count). The van der Waals surface area contributed by atoms with E-state index in [2.05, 4.69) is 64.2 Å². The monoisotopic (exact) mass is 549 g/mol. The van der Waals surface area contributed by atoms with E-state index in [1.54, 1.807) is 23.3 Å². The molecule has 0 saturated carbocycles. The van der Waals surface area contributed by atoms with E-state index in [1.807, 2.05) is 41.3 Å². The van der Waals surface area contributed by atoms with Crippen LogP contribution < -0.4 is 5.32 Å². The van der Waals surface area contributed by atoms with Crippen molar-refractivity contribution in [1.82, 2.24) is 9.80 Å². The number of carbonyl (C=O) groups excluding carboxylic acids is 2. The van der Waals surface area contributed by atoms with Gasteiger partial charge in [-0.25, -0.2) is 4.79 Å². The lowest BCUT2D eigenvalue weighted by Crippen LogP contribution is -2.44. The minimum absolute atomic E-state index is 0.00635. The van der Waals surface area contributed by atoms with Crippen LogP contribution in [0.4, 0.5) is 10.5 Å². The van der Waals surface area contributed by atoms with Crippen LogP contribution in [-0.4, -0.2) is 48.5 Å². The van der Waals surface area contributed by atoms with Gasteiger partial charge in [0.15, 0.2) is 0 Å². The molecule has 1 heterocycles. The maximum atomic E-state index is 13.8. The zero-order chi connectivity index (χ0) is 28.4. The summed E-state index contributed by atoms with van der Waals surface area (Å²) in [6.07, 6.45) is 0.642. The van der Waals surface area contributed by atoms with Gasteiger partial charge >= 0.3 is 6.03 Å². The molecule has 0 radical (unpaired) electrons. The SMILES string of the molecule is COCCCN(CC(=O)N(Cc1ccccc1)Cc1ccc(C)s1)C(=O)Nc1c(C(C)C)cccc1C(C)C. The van der Waals surface area contributed by atoms with Crippen LogP contribution in [-0.2, 0) is 22.6 Å². The molecule has 0 aliphatic carbocycles. The predicted molar refractivity (Wildman–Crippen MR) is 161 cm³/mol. The maximum absolute atomic E-state index is 13.8. The number of nitrogens with zero attached hydrogens (tertiary/aromatic N) is 2. The zero-order valence-corrected chi connectivity index (χ0v) is 25.0. The van der Waals surface area contributed by atoms with E-state index in [0.717, 1.165) is 27.3 Å². The molecule has 210 valence electrons.